The zero-order valence-electron chi connectivity index (χ0n) is 15.9. The van der Waals surface area contributed by atoms with Gasteiger partial charge in [-0.2, -0.15) is 0 Å². The number of aromatic amines is 1. The predicted octanol–water partition coefficient (Wildman–Crippen LogP) is 3.78. The number of rotatable bonds is 5. The van der Waals surface area contributed by atoms with Crippen molar-refractivity contribution in [3.05, 3.63) is 45.2 Å². The number of carbonyl (C=O) groups excluding carboxylic acids is 1. The molecule has 1 aliphatic carbocycles. The number of fused-ring (bicyclic) bond motifs is 1. The summed E-state index contributed by atoms with van der Waals surface area (Å²) in [5.74, 6) is -0.393. The van der Waals surface area contributed by atoms with E-state index in [9.17, 15) is 9.59 Å². The summed E-state index contributed by atoms with van der Waals surface area (Å²) in [7, 11) is 2.11. The highest BCUT2D eigenvalue weighted by Gasteiger charge is 2.20. The summed E-state index contributed by atoms with van der Waals surface area (Å²) in [4.78, 5) is 30.7. The Labute approximate surface area is 154 Å². The third-order valence-corrected chi connectivity index (χ3v) is 5.43. The molecule has 1 aromatic carbocycles. The summed E-state index contributed by atoms with van der Waals surface area (Å²) in [6.45, 7) is 4.67. The highest BCUT2D eigenvalue weighted by Crippen LogP contribution is 2.23. The van der Waals surface area contributed by atoms with Crippen molar-refractivity contribution in [2.45, 2.75) is 58.5 Å². The molecular formula is C21H28N2O3. The maximum atomic E-state index is 13.1. The van der Waals surface area contributed by atoms with Gasteiger partial charge in [0.25, 0.3) is 0 Å². The second-order valence-electron chi connectivity index (χ2n) is 7.25. The van der Waals surface area contributed by atoms with Gasteiger partial charge in [0.1, 0.15) is 0 Å². The summed E-state index contributed by atoms with van der Waals surface area (Å²) in [5, 5.41) is 0.549. The van der Waals surface area contributed by atoms with E-state index in [2.05, 4.69) is 16.9 Å². The van der Waals surface area contributed by atoms with Gasteiger partial charge in [0.15, 0.2) is 5.43 Å². The standard InChI is InChI=1S/C21H28N2O3/c1-4-26-21(25)15-10-11-19-17(12-15)20(24)18(14(2)22-19)13-23(3)16-8-6-5-7-9-16/h10-12,16H,4-9,13H2,1-3H3,(H,22,24). The Hall–Kier alpha value is -2.14. The van der Waals surface area contributed by atoms with Crippen LogP contribution in [-0.4, -0.2) is 35.5 Å². The van der Waals surface area contributed by atoms with Gasteiger partial charge in [-0.05, 0) is 51.9 Å². The Bertz CT molecular complexity index is 850. The van der Waals surface area contributed by atoms with Crippen molar-refractivity contribution in [1.29, 1.82) is 0 Å². The van der Waals surface area contributed by atoms with Crippen LogP contribution in [0, 0.1) is 6.92 Å². The number of aromatic nitrogens is 1. The molecule has 0 spiro atoms. The van der Waals surface area contributed by atoms with Gasteiger partial charge < -0.3 is 9.72 Å². The molecule has 1 aliphatic rings. The van der Waals surface area contributed by atoms with Crippen molar-refractivity contribution in [1.82, 2.24) is 9.88 Å². The molecule has 0 radical (unpaired) electrons. The fraction of sp³-hybridized carbons (Fsp3) is 0.524. The Morgan fingerprint density at radius 2 is 2.00 bits per heavy atom. The van der Waals surface area contributed by atoms with Crippen molar-refractivity contribution < 1.29 is 9.53 Å². The van der Waals surface area contributed by atoms with E-state index in [-0.39, 0.29) is 5.43 Å². The molecule has 0 amide bonds. The molecule has 5 heteroatoms. The highest BCUT2D eigenvalue weighted by molar-refractivity contribution is 5.94. The van der Waals surface area contributed by atoms with Crippen LogP contribution in [0.4, 0.5) is 0 Å². The topological polar surface area (TPSA) is 62.4 Å². The predicted molar refractivity (Wildman–Crippen MR) is 104 cm³/mol. The number of hydrogen-bond donors (Lipinski definition) is 1. The second kappa shape index (κ2) is 8.04. The summed E-state index contributed by atoms with van der Waals surface area (Å²) in [6.07, 6.45) is 6.26. The molecule has 5 nitrogen and oxygen atoms in total. The fourth-order valence-electron chi connectivity index (χ4n) is 3.88. The Morgan fingerprint density at radius 1 is 1.27 bits per heavy atom. The minimum atomic E-state index is -0.393. The van der Waals surface area contributed by atoms with E-state index in [4.69, 9.17) is 4.74 Å². The van der Waals surface area contributed by atoms with Gasteiger partial charge >= 0.3 is 5.97 Å². The van der Waals surface area contributed by atoms with Gasteiger partial charge in [-0.3, -0.25) is 9.69 Å². The molecule has 0 atom stereocenters. The van der Waals surface area contributed by atoms with Crippen LogP contribution in [0.15, 0.2) is 23.0 Å². The number of hydrogen-bond acceptors (Lipinski definition) is 4. The first kappa shape index (κ1) is 18.6. The number of nitrogens with one attached hydrogen (secondary N) is 1. The molecule has 1 saturated carbocycles. The monoisotopic (exact) mass is 356 g/mol. The molecule has 0 aliphatic heterocycles. The van der Waals surface area contributed by atoms with E-state index in [1.807, 2.05) is 6.92 Å². The number of carbonyl (C=O) groups is 1. The molecule has 1 fully saturated rings. The molecule has 1 N–H and O–H groups in total. The van der Waals surface area contributed by atoms with Crippen molar-refractivity contribution in [2.75, 3.05) is 13.7 Å². The Morgan fingerprint density at radius 3 is 2.69 bits per heavy atom. The summed E-state index contributed by atoms with van der Waals surface area (Å²) < 4.78 is 5.06. The van der Waals surface area contributed by atoms with Gasteiger partial charge in [0, 0.05) is 34.7 Å². The lowest BCUT2D eigenvalue weighted by Gasteiger charge is -2.31. The van der Waals surface area contributed by atoms with Gasteiger partial charge in [0.2, 0.25) is 0 Å². The SMILES string of the molecule is CCOC(=O)c1ccc2[nH]c(C)c(CN(C)C3CCCCC3)c(=O)c2c1. The van der Waals surface area contributed by atoms with Gasteiger partial charge in [0.05, 0.1) is 12.2 Å². The maximum absolute atomic E-state index is 13.1. The number of benzene rings is 1. The number of H-pyrrole nitrogens is 1. The quantitative estimate of drug-likeness (QED) is 0.828. The molecule has 0 unspecified atom stereocenters. The molecule has 140 valence electrons. The molecule has 2 aromatic rings. The number of pyridine rings is 1. The van der Waals surface area contributed by atoms with E-state index >= 15 is 0 Å². The van der Waals surface area contributed by atoms with Crippen LogP contribution in [0.2, 0.25) is 0 Å². The van der Waals surface area contributed by atoms with Gasteiger partial charge in [-0.25, -0.2) is 4.79 Å². The van der Waals surface area contributed by atoms with E-state index in [0.717, 1.165) is 16.8 Å². The van der Waals surface area contributed by atoms with Crippen molar-refractivity contribution in [2.24, 2.45) is 0 Å². The lowest BCUT2D eigenvalue weighted by atomic mass is 9.94. The Balaban J connectivity index is 1.94. The van der Waals surface area contributed by atoms with E-state index < -0.39 is 5.97 Å². The van der Waals surface area contributed by atoms with Gasteiger partial charge in [-0.15, -0.1) is 0 Å². The molecular weight excluding hydrogens is 328 g/mol. The first-order valence-electron chi connectivity index (χ1n) is 9.54. The minimum absolute atomic E-state index is 0.00468. The van der Waals surface area contributed by atoms with E-state index in [1.165, 1.54) is 32.1 Å². The average molecular weight is 356 g/mol. The smallest absolute Gasteiger partial charge is 0.338 e. The zero-order valence-corrected chi connectivity index (χ0v) is 15.9. The first-order chi connectivity index (χ1) is 12.5. The summed E-state index contributed by atoms with van der Waals surface area (Å²) in [5.41, 5.74) is 2.86. The molecule has 1 heterocycles. The lowest BCUT2D eigenvalue weighted by Crippen LogP contribution is -2.34. The zero-order chi connectivity index (χ0) is 18.7. The molecule has 0 bridgehead atoms. The molecule has 3 rings (SSSR count). The third-order valence-electron chi connectivity index (χ3n) is 5.43. The van der Waals surface area contributed by atoms with Crippen LogP contribution in [0.3, 0.4) is 0 Å². The number of ether oxygens (including phenoxy) is 1. The Kier molecular flexibility index (Phi) is 5.77. The van der Waals surface area contributed by atoms with E-state index in [0.29, 0.717) is 30.1 Å². The van der Waals surface area contributed by atoms with Crippen LogP contribution in [0.5, 0.6) is 0 Å². The number of aryl methyl sites for hydroxylation is 1. The molecule has 26 heavy (non-hydrogen) atoms. The average Bonchev–Trinajstić information content (AvgIpc) is 2.65. The maximum Gasteiger partial charge on any atom is 0.338 e. The lowest BCUT2D eigenvalue weighted by molar-refractivity contribution is 0.0526. The second-order valence-corrected chi connectivity index (χ2v) is 7.25. The minimum Gasteiger partial charge on any atom is -0.462 e. The van der Waals surface area contributed by atoms with Crippen molar-refractivity contribution in [3.8, 4) is 0 Å². The molecule has 1 aromatic heterocycles. The summed E-state index contributed by atoms with van der Waals surface area (Å²) in [6, 6.07) is 5.67. The van der Waals surface area contributed by atoms with Crippen LogP contribution >= 0.6 is 0 Å². The van der Waals surface area contributed by atoms with Gasteiger partial charge in [-0.1, -0.05) is 19.3 Å². The number of esters is 1. The highest BCUT2D eigenvalue weighted by atomic mass is 16.5. The van der Waals surface area contributed by atoms with E-state index in [1.54, 1.807) is 25.1 Å². The van der Waals surface area contributed by atoms with Crippen LogP contribution in [0.1, 0.15) is 60.6 Å². The number of nitrogens with zero attached hydrogens (tertiary/aromatic N) is 1. The largest absolute Gasteiger partial charge is 0.462 e. The van der Waals surface area contributed by atoms with Crippen molar-refractivity contribution >= 4 is 16.9 Å². The third kappa shape index (κ3) is 3.83. The first-order valence-corrected chi connectivity index (χ1v) is 9.54. The van der Waals surface area contributed by atoms with Crippen LogP contribution < -0.4 is 5.43 Å². The van der Waals surface area contributed by atoms with Crippen LogP contribution in [0.25, 0.3) is 10.9 Å². The normalized spacial score (nSPS) is 15.5. The van der Waals surface area contributed by atoms with Crippen molar-refractivity contribution in [3.63, 3.8) is 0 Å². The van der Waals surface area contributed by atoms with Crippen LogP contribution in [-0.2, 0) is 11.3 Å². The fourth-order valence-corrected chi connectivity index (χ4v) is 3.88. The summed E-state index contributed by atoms with van der Waals surface area (Å²) >= 11 is 0. The molecule has 0 saturated heterocycles.